The Morgan fingerprint density at radius 1 is 1.39 bits per heavy atom. The third-order valence-electron chi connectivity index (χ3n) is 2.26. The molecule has 1 aromatic carbocycles. The lowest BCUT2D eigenvalue weighted by molar-refractivity contribution is 0.158. The molecule has 0 aliphatic rings. The van der Waals surface area contributed by atoms with E-state index in [1.165, 1.54) is 6.33 Å². The molecule has 5 nitrogen and oxygen atoms in total. The van der Waals surface area contributed by atoms with Crippen LogP contribution in [-0.2, 0) is 11.4 Å². The van der Waals surface area contributed by atoms with Crippen LogP contribution in [0.25, 0.3) is 0 Å². The highest BCUT2D eigenvalue weighted by molar-refractivity contribution is 9.10. The molecule has 0 saturated heterocycles. The van der Waals surface area contributed by atoms with Crippen LogP contribution in [-0.4, -0.2) is 27.1 Å². The molecule has 94 valence electrons. The van der Waals surface area contributed by atoms with Crippen LogP contribution in [0.5, 0.6) is 0 Å². The molecule has 0 amide bonds. The molecule has 0 spiro atoms. The Morgan fingerprint density at radius 3 is 2.78 bits per heavy atom. The van der Waals surface area contributed by atoms with Gasteiger partial charge in [-0.15, -0.1) is 0 Å². The van der Waals surface area contributed by atoms with E-state index in [-0.39, 0.29) is 0 Å². The maximum absolute atomic E-state index is 5.14. The molecule has 6 heteroatoms. The minimum absolute atomic E-state index is 0.529. The molecule has 0 saturated carbocycles. The highest BCUT2D eigenvalue weighted by Crippen LogP contribution is 2.12. The van der Waals surface area contributed by atoms with Crippen LogP contribution < -0.4 is 0 Å². The average molecular weight is 309 g/mol. The monoisotopic (exact) mass is 308 g/mol. The van der Waals surface area contributed by atoms with Crippen molar-refractivity contribution in [3.8, 4) is 0 Å². The summed E-state index contributed by atoms with van der Waals surface area (Å²) < 4.78 is 2.74. The number of hydrogen-bond acceptors (Lipinski definition) is 4. The Labute approximate surface area is 114 Å². The van der Waals surface area contributed by atoms with Gasteiger partial charge in [-0.25, -0.2) is 9.67 Å². The van der Waals surface area contributed by atoms with E-state index >= 15 is 0 Å². The predicted molar refractivity (Wildman–Crippen MR) is 72.3 cm³/mol. The molecule has 0 aliphatic heterocycles. The van der Waals surface area contributed by atoms with Gasteiger partial charge in [-0.3, -0.25) is 0 Å². The summed E-state index contributed by atoms with van der Waals surface area (Å²) in [7, 11) is 0. The van der Waals surface area contributed by atoms with Gasteiger partial charge in [0.1, 0.15) is 25.0 Å². The fraction of sp³-hybridized carbons (Fsp3) is 0.250. The van der Waals surface area contributed by atoms with E-state index in [1.54, 1.807) is 11.0 Å². The zero-order chi connectivity index (χ0) is 12.8. The van der Waals surface area contributed by atoms with E-state index in [0.29, 0.717) is 13.2 Å². The van der Waals surface area contributed by atoms with E-state index in [2.05, 4.69) is 31.2 Å². The number of hydrogen-bond donors (Lipinski definition) is 0. The SMILES string of the molecule is CCO/N=C(\Cn1cncn1)c1ccc(Br)cc1. The Morgan fingerprint density at radius 2 is 2.17 bits per heavy atom. The van der Waals surface area contributed by atoms with Crippen LogP contribution in [0.4, 0.5) is 0 Å². The molecule has 18 heavy (non-hydrogen) atoms. The topological polar surface area (TPSA) is 52.3 Å². The average Bonchev–Trinajstić information content (AvgIpc) is 2.88. The van der Waals surface area contributed by atoms with Crippen LogP contribution in [0, 0.1) is 0 Å². The number of rotatable bonds is 5. The fourth-order valence-corrected chi connectivity index (χ4v) is 1.69. The highest BCUT2D eigenvalue weighted by Gasteiger charge is 2.06. The Bertz CT molecular complexity index is 507. The first-order valence-corrected chi connectivity index (χ1v) is 6.36. The van der Waals surface area contributed by atoms with Crippen molar-refractivity contribution in [3.05, 3.63) is 47.0 Å². The maximum atomic E-state index is 5.14. The molecule has 1 heterocycles. The molecular weight excluding hydrogens is 296 g/mol. The van der Waals surface area contributed by atoms with Gasteiger partial charge in [0.25, 0.3) is 0 Å². The van der Waals surface area contributed by atoms with E-state index in [4.69, 9.17) is 4.84 Å². The maximum Gasteiger partial charge on any atom is 0.137 e. The van der Waals surface area contributed by atoms with Crippen LogP contribution in [0.1, 0.15) is 12.5 Å². The summed E-state index contributed by atoms with van der Waals surface area (Å²) in [6, 6.07) is 7.91. The van der Waals surface area contributed by atoms with E-state index in [1.807, 2.05) is 31.2 Å². The number of halogens is 1. The second-order valence-electron chi connectivity index (χ2n) is 3.56. The summed E-state index contributed by atoms with van der Waals surface area (Å²) in [5.41, 5.74) is 1.82. The number of aromatic nitrogens is 3. The van der Waals surface area contributed by atoms with Crippen molar-refractivity contribution in [2.45, 2.75) is 13.5 Å². The Hall–Kier alpha value is -1.69. The summed E-state index contributed by atoms with van der Waals surface area (Å²) in [6.45, 7) is 2.97. The van der Waals surface area contributed by atoms with Crippen molar-refractivity contribution in [2.24, 2.45) is 5.16 Å². The van der Waals surface area contributed by atoms with Crippen molar-refractivity contribution in [1.29, 1.82) is 0 Å². The van der Waals surface area contributed by atoms with Crippen LogP contribution >= 0.6 is 15.9 Å². The second kappa shape index (κ2) is 6.30. The van der Waals surface area contributed by atoms with E-state index < -0.39 is 0 Å². The summed E-state index contributed by atoms with van der Waals surface area (Å²) in [6.07, 6.45) is 3.15. The summed E-state index contributed by atoms with van der Waals surface area (Å²) >= 11 is 3.41. The van der Waals surface area contributed by atoms with Crippen molar-refractivity contribution in [2.75, 3.05) is 6.61 Å². The summed E-state index contributed by atoms with van der Waals surface area (Å²) in [5, 5.41) is 8.20. The van der Waals surface area contributed by atoms with Gasteiger partial charge in [0.15, 0.2) is 0 Å². The molecule has 0 radical (unpaired) electrons. The highest BCUT2D eigenvalue weighted by atomic mass is 79.9. The normalized spacial score (nSPS) is 11.6. The van der Waals surface area contributed by atoms with Crippen molar-refractivity contribution < 1.29 is 4.84 Å². The van der Waals surface area contributed by atoms with Gasteiger partial charge in [0.05, 0.1) is 6.54 Å². The molecule has 0 fully saturated rings. The van der Waals surface area contributed by atoms with Crippen LogP contribution in [0.3, 0.4) is 0 Å². The Balaban J connectivity index is 2.22. The number of benzene rings is 1. The lowest BCUT2D eigenvalue weighted by Crippen LogP contribution is -2.13. The van der Waals surface area contributed by atoms with Gasteiger partial charge in [-0.05, 0) is 19.1 Å². The summed E-state index contributed by atoms with van der Waals surface area (Å²) in [5.74, 6) is 0. The lowest BCUT2D eigenvalue weighted by Gasteiger charge is -2.06. The van der Waals surface area contributed by atoms with Gasteiger partial charge >= 0.3 is 0 Å². The first kappa shape index (κ1) is 12.8. The third-order valence-corrected chi connectivity index (χ3v) is 2.79. The van der Waals surface area contributed by atoms with Gasteiger partial charge in [-0.2, -0.15) is 5.10 Å². The molecule has 0 unspecified atom stereocenters. The molecule has 2 rings (SSSR count). The smallest absolute Gasteiger partial charge is 0.137 e. The van der Waals surface area contributed by atoms with Crippen LogP contribution in [0.2, 0.25) is 0 Å². The predicted octanol–water partition coefficient (Wildman–Crippen LogP) is 2.48. The van der Waals surface area contributed by atoms with Crippen molar-refractivity contribution in [1.82, 2.24) is 14.8 Å². The third kappa shape index (κ3) is 3.40. The van der Waals surface area contributed by atoms with E-state index in [0.717, 1.165) is 15.7 Å². The minimum atomic E-state index is 0.529. The van der Waals surface area contributed by atoms with Crippen molar-refractivity contribution >= 4 is 21.6 Å². The van der Waals surface area contributed by atoms with Gasteiger partial charge in [-0.1, -0.05) is 33.2 Å². The summed E-state index contributed by atoms with van der Waals surface area (Å²) in [4.78, 5) is 9.06. The van der Waals surface area contributed by atoms with Gasteiger partial charge < -0.3 is 4.84 Å². The Kier molecular flexibility index (Phi) is 4.46. The molecule has 0 atom stereocenters. The molecule has 0 aliphatic carbocycles. The molecule has 0 N–H and O–H groups in total. The minimum Gasteiger partial charge on any atom is -0.396 e. The van der Waals surface area contributed by atoms with Gasteiger partial charge in [0, 0.05) is 10.0 Å². The molecule has 2 aromatic rings. The zero-order valence-electron chi connectivity index (χ0n) is 9.95. The molecule has 1 aromatic heterocycles. The quantitative estimate of drug-likeness (QED) is 0.630. The second-order valence-corrected chi connectivity index (χ2v) is 4.47. The lowest BCUT2D eigenvalue weighted by atomic mass is 10.1. The fourth-order valence-electron chi connectivity index (χ4n) is 1.43. The number of oxime groups is 1. The standard InChI is InChI=1S/C12H13BrN4O/c1-2-18-16-12(7-17-9-14-8-15-17)10-3-5-11(13)6-4-10/h3-6,8-9H,2,7H2,1H3/b16-12+. The largest absolute Gasteiger partial charge is 0.396 e. The molecular formula is C12H13BrN4O. The van der Waals surface area contributed by atoms with Crippen molar-refractivity contribution in [3.63, 3.8) is 0 Å². The molecule has 0 bridgehead atoms. The van der Waals surface area contributed by atoms with E-state index in [9.17, 15) is 0 Å². The first-order chi connectivity index (χ1) is 8.79. The van der Waals surface area contributed by atoms with Gasteiger partial charge in [0.2, 0.25) is 0 Å². The van der Waals surface area contributed by atoms with Crippen LogP contribution in [0.15, 0.2) is 46.5 Å². The number of nitrogens with zero attached hydrogens (tertiary/aromatic N) is 4. The zero-order valence-corrected chi connectivity index (χ0v) is 11.5. The first-order valence-electron chi connectivity index (χ1n) is 5.56.